The van der Waals surface area contributed by atoms with Crippen molar-refractivity contribution in [3.8, 4) is 11.4 Å². The lowest BCUT2D eigenvalue weighted by molar-refractivity contribution is -0.162. The van der Waals surface area contributed by atoms with Crippen molar-refractivity contribution < 1.29 is 32.6 Å². The van der Waals surface area contributed by atoms with E-state index in [9.17, 15) is 23.1 Å². The highest BCUT2D eigenvalue weighted by Crippen LogP contribution is 2.29. The molecule has 0 radical (unpaired) electrons. The summed E-state index contributed by atoms with van der Waals surface area (Å²) in [5.41, 5.74) is 6.57. The first-order valence-electron chi connectivity index (χ1n) is 11.9. The van der Waals surface area contributed by atoms with Crippen LogP contribution in [0.1, 0.15) is 30.0 Å². The second-order valence-electron chi connectivity index (χ2n) is 8.64. The van der Waals surface area contributed by atoms with Crippen molar-refractivity contribution in [2.75, 3.05) is 6.26 Å². The van der Waals surface area contributed by atoms with Gasteiger partial charge in [0.05, 0.1) is 22.6 Å². The first-order valence-corrected chi connectivity index (χ1v) is 13.8. The second kappa shape index (κ2) is 11.9. The maximum atomic E-state index is 12.7. The summed E-state index contributed by atoms with van der Waals surface area (Å²) < 4.78 is 33.5. The number of carbonyl (C=O) groups excluding carboxylic acids is 2. The van der Waals surface area contributed by atoms with Crippen LogP contribution in [0, 0.1) is 0 Å². The topological polar surface area (TPSA) is 214 Å². The summed E-state index contributed by atoms with van der Waals surface area (Å²) in [5.74, 6) is -1.37. The molecule has 0 fully saturated rings. The smallest absolute Gasteiger partial charge is 0.341 e. The molecule has 212 valence electrons. The van der Waals surface area contributed by atoms with Gasteiger partial charge in [-0.15, -0.1) is 25.2 Å². The highest BCUT2D eigenvalue weighted by molar-refractivity contribution is 7.90. The normalized spacial score (nSPS) is 12.9. The van der Waals surface area contributed by atoms with Crippen LogP contribution in [0.15, 0.2) is 74.9 Å². The Morgan fingerprint density at radius 2 is 1.83 bits per heavy atom. The lowest BCUT2D eigenvalue weighted by Crippen LogP contribution is -2.20. The molecule has 3 N–H and O–H groups in total. The van der Waals surface area contributed by atoms with E-state index in [4.69, 9.17) is 15.2 Å². The summed E-state index contributed by atoms with van der Waals surface area (Å²) in [5, 5.41) is 34.5. The third-order valence-electron chi connectivity index (χ3n) is 5.43. The van der Waals surface area contributed by atoms with E-state index in [2.05, 4.69) is 30.8 Å². The highest BCUT2D eigenvalue weighted by atomic mass is 32.2. The third-order valence-corrected chi connectivity index (χ3v) is 6.54. The molecule has 1 aromatic heterocycles. The van der Waals surface area contributed by atoms with Crippen molar-refractivity contribution in [2.45, 2.75) is 31.5 Å². The number of rotatable bonds is 9. The minimum atomic E-state index is -3.51. The van der Waals surface area contributed by atoms with E-state index in [0.29, 0.717) is 16.5 Å². The minimum Gasteiger partial charge on any atom is -0.506 e. The second-order valence-corrected chi connectivity index (χ2v) is 10.7. The van der Waals surface area contributed by atoms with Crippen LogP contribution in [0.2, 0.25) is 0 Å². The molecule has 0 aliphatic carbocycles. The molecule has 0 bridgehead atoms. The number of nitrogens with zero attached hydrogens (tertiary/aromatic N) is 7. The number of amidine groups is 1. The number of benzene rings is 3. The number of hydrogen-bond acceptors (Lipinski definition) is 12. The fourth-order valence-electron chi connectivity index (χ4n) is 3.67. The molecule has 4 aromatic rings. The molecule has 1 unspecified atom stereocenters. The number of hydrogen-bond donors (Lipinski definition) is 2. The van der Waals surface area contributed by atoms with Gasteiger partial charge < -0.3 is 20.3 Å². The summed E-state index contributed by atoms with van der Waals surface area (Å²) in [6.45, 7) is 2.65. The third kappa shape index (κ3) is 7.04. The van der Waals surface area contributed by atoms with E-state index in [0.717, 1.165) is 12.3 Å². The van der Waals surface area contributed by atoms with Gasteiger partial charge in [-0.05, 0) is 46.2 Å². The number of phenols is 1. The number of tetrazole rings is 1. The Morgan fingerprint density at radius 1 is 1.10 bits per heavy atom. The molecule has 0 aliphatic heterocycles. The molecule has 0 saturated carbocycles. The van der Waals surface area contributed by atoms with E-state index in [-0.39, 0.29) is 40.0 Å². The van der Waals surface area contributed by atoms with Crippen LogP contribution in [0.4, 0.5) is 5.69 Å². The number of nitrogens with two attached hydrogens (primary N) is 1. The number of aromatic hydroxyl groups is 1. The Bertz CT molecular complexity index is 1800. The van der Waals surface area contributed by atoms with Gasteiger partial charge in [-0.2, -0.15) is 0 Å². The molecule has 41 heavy (non-hydrogen) atoms. The predicted molar refractivity (Wildman–Crippen MR) is 144 cm³/mol. The van der Waals surface area contributed by atoms with Gasteiger partial charge in [0.1, 0.15) is 17.3 Å². The standard InChI is InChI=1S/C25H24N8O7S/c1-14(34)39-15(2)40-25(36)19-8-4-7-18-17(19)6-5-9-21(18)33-30-24(29-32-33)13-23(26)28-31-27-20-12-16(41(3,37)38)10-11-22(20)35/h4-12,15,35H,13H2,1-3H3,(H2,26,27,28). The molecule has 1 atom stereocenters. The maximum Gasteiger partial charge on any atom is 0.341 e. The van der Waals surface area contributed by atoms with E-state index in [1.807, 2.05) is 0 Å². The predicted octanol–water partition coefficient (Wildman–Crippen LogP) is 2.59. The van der Waals surface area contributed by atoms with Crippen molar-refractivity contribution in [1.82, 2.24) is 20.2 Å². The van der Waals surface area contributed by atoms with Gasteiger partial charge in [0, 0.05) is 25.5 Å². The molecule has 4 rings (SSSR count). The van der Waals surface area contributed by atoms with Gasteiger partial charge >= 0.3 is 11.9 Å². The number of aromatic nitrogens is 4. The summed E-state index contributed by atoms with van der Waals surface area (Å²) in [6.07, 6.45) is -0.0888. The Balaban J connectivity index is 1.52. The van der Waals surface area contributed by atoms with Crippen LogP contribution in [0.5, 0.6) is 5.75 Å². The number of fused-ring (bicyclic) bond motifs is 1. The van der Waals surface area contributed by atoms with E-state index >= 15 is 0 Å². The molecule has 0 amide bonds. The Labute approximate surface area is 233 Å². The SMILES string of the molecule is CC(=O)OC(C)OC(=O)c1cccc2c(-n3nnc(CC(N)=NN=Nc4cc(S(C)(=O)=O)ccc4O)n3)cccc12. The largest absolute Gasteiger partial charge is 0.506 e. The zero-order valence-electron chi connectivity index (χ0n) is 22.0. The van der Waals surface area contributed by atoms with Crippen molar-refractivity contribution in [1.29, 1.82) is 0 Å². The lowest BCUT2D eigenvalue weighted by atomic mass is 10.0. The Morgan fingerprint density at radius 3 is 2.56 bits per heavy atom. The molecule has 15 nitrogen and oxygen atoms in total. The molecule has 0 spiro atoms. The fourth-order valence-corrected chi connectivity index (χ4v) is 4.31. The van der Waals surface area contributed by atoms with Gasteiger partial charge in [-0.1, -0.05) is 24.3 Å². The van der Waals surface area contributed by atoms with Gasteiger partial charge in [0.25, 0.3) is 0 Å². The molecular formula is C25H24N8O7S. The zero-order valence-corrected chi connectivity index (χ0v) is 22.8. The van der Waals surface area contributed by atoms with Crippen molar-refractivity contribution >= 4 is 44.1 Å². The number of phenolic OH excluding ortho intramolecular Hbond substituents is 1. The number of sulfone groups is 1. The summed E-state index contributed by atoms with van der Waals surface area (Å²) in [6, 6.07) is 13.8. The molecule has 3 aromatic carbocycles. The van der Waals surface area contributed by atoms with Crippen LogP contribution in [0.3, 0.4) is 0 Å². The van der Waals surface area contributed by atoms with Crippen LogP contribution in [-0.2, 0) is 30.5 Å². The number of ether oxygens (including phenoxy) is 2. The first-order chi connectivity index (χ1) is 19.4. The minimum absolute atomic E-state index is 0.0306. The molecule has 1 heterocycles. The van der Waals surface area contributed by atoms with Crippen LogP contribution < -0.4 is 5.73 Å². The van der Waals surface area contributed by atoms with Crippen molar-refractivity contribution in [3.05, 3.63) is 66.0 Å². The number of carbonyl (C=O) groups is 2. The van der Waals surface area contributed by atoms with E-state index < -0.39 is 28.1 Å². The van der Waals surface area contributed by atoms with Gasteiger partial charge in [0.15, 0.2) is 15.7 Å². The van der Waals surface area contributed by atoms with Gasteiger partial charge in [-0.3, -0.25) is 4.79 Å². The van der Waals surface area contributed by atoms with E-state index in [1.165, 1.54) is 30.8 Å². The Hall–Kier alpha value is -5.25. The molecule has 16 heteroatoms. The fraction of sp³-hybridized carbons (Fsp3) is 0.200. The monoisotopic (exact) mass is 580 g/mol. The average molecular weight is 581 g/mol. The Kier molecular flexibility index (Phi) is 8.32. The van der Waals surface area contributed by atoms with E-state index in [1.54, 1.807) is 36.4 Å². The molecule has 0 aliphatic rings. The molecule has 0 saturated heterocycles. The van der Waals surface area contributed by atoms with Gasteiger partial charge in [0.2, 0.25) is 6.29 Å². The quantitative estimate of drug-likeness (QED) is 0.0732. The summed E-state index contributed by atoms with van der Waals surface area (Å²) >= 11 is 0. The maximum absolute atomic E-state index is 12.7. The van der Waals surface area contributed by atoms with Crippen molar-refractivity contribution in [2.24, 2.45) is 21.2 Å². The van der Waals surface area contributed by atoms with Crippen LogP contribution in [0.25, 0.3) is 16.5 Å². The van der Waals surface area contributed by atoms with Crippen LogP contribution >= 0.6 is 0 Å². The first kappa shape index (κ1) is 28.8. The lowest BCUT2D eigenvalue weighted by Gasteiger charge is -2.14. The number of esters is 2. The average Bonchev–Trinajstić information content (AvgIpc) is 3.35. The molecular weight excluding hydrogens is 556 g/mol. The van der Waals surface area contributed by atoms with Gasteiger partial charge in [-0.25, -0.2) is 13.2 Å². The van der Waals surface area contributed by atoms with Crippen LogP contribution in [-0.4, -0.2) is 64.1 Å². The zero-order chi connectivity index (χ0) is 29.7. The highest BCUT2D eigenvalue weighted by Gasteiger charge is 2.18. The van der Waals surface area contributed by atoms with Crippen molar-refractivity contribution in [3.63, 3.8) is 0 Å². The summed E-state index contributed by atoms with van der Waals surface area (Å²) in [7, 11) is -3.51. The summed E-state index contributed by atoms with van der Waals surface area (Å²) in [4.78, 5) is 25.1.